The molecule has 2 heterocycles. The fourth-order valence-corrected chi connectivity index (χ4v) is 3.22. The van der Waals surface area contributed by atoms with Crippen LogP contribution in [-0.2, 0) is 0 Å². The molecule has 0 radical (unpaired) electrons. The van der Waals surface area contributed by atoms with Crippen LogP contribution in [0.25, 0.3) is 11.3 Å². The standard InChI is InChI=1S/C18H21N3O2/c1-12(2)21-8-4-7-17(21)16-11-19-10-15(20-16)13-5-3-6-14(9-13)18(22)23/h3,5-6,9-12,17H,4,7-8H2,1-2H3,(H,22,23). The second-order valence-electron chi connectivity index (χ2n) is 6.20. The summed E-state index contributed by atoms with van der Waals surface area (Å²) in [6, 6.07) is 7.61. The number of aromatic nitrogens is 2. The third kappa shape index (κ3) is 3.24. The van der Waals surface area contributed by atoms with E-state index in [2.05, 4.69) is 23.7 Å². The van der Waals surface area contributed by atoms with Crippen molar-refractivity contribution < 1.29 is 9.90 Å². The van der Waals surface area contributed by atoms with Crippen molar-refractivity contribution in [3.05, 3.63) is 47.9 Å². The molecule has 1 fully saturated rings. The second-order valence-corrected chi connectivity index (χ2v) is 6.20. The average Bonchev–Trinajstić information content (AvgIpc) is 3.05. The number of carboxylic acids is 1. The fraction of sp³-hybridized carbons (Fsp3) is 0.389. The largest absolute Gasteiger partial charge is 0.478 e. The zero-order valence-electron chi connectivity index (χ0n) is 13.4. The zero-order chi connectivity index (χ0) is 16.4. The Bertz CT molecular complexity index is 715. The van der Waals surface area contributed by atoms with E-state index in [1.54, 1.807) is 24.4 Å². The van der Waals surface area contributed by atoms with Crippen LogP contribution < -0.4 is 0 Å². The van der Waals surface area contributed by atoms with Gasteiger partial charge in [0, 0.05) is 11.6 Å². The van der Waals surface area contributed by atoms with E-state index in [0.717, 1.165) is 29.9 Å². The monoisotopic (exact) mass is 311 g/mol. The molecule has 120 valence electrons. The maximum Gasteiger partial charge on any atom is 0.335 e. The first-order chi connectivity index (χ1) is 11.1. The van der Waals surface area contributed by atoms with Crippen LogP contribution in [-0.4, -0.2) is 38.5 Å². The van der Waals surface area contributed by atoms with E-state index in [1.165, 1.54) is 6.42 Å². The summed E-state index contributed by atoms with van der Waals surface area (Å²) in [5.74, 6) is -0.933. The van der Waals surface area contributed by atoms with Crippen LogP contribution >= 0.6 is 0 Å². The molecule has 1 saturated heterocycles. The first kappa shape index (κ1) is 15.6. The van der Waals surface area contributed by atoms with Crippen LogP contribution in [0.2, 0.25) is 0 Å². The van der Waals surface area contributed by atoms with Crippen molar-refractivity contribution in [2.75, 3.05) is 6.54 Å². The summed E-state index contributed by atoms with van der Waals surface area (Å²) >= 11 is 0. The molecular formula is C18H21N3O2. The lowest BCUT2D eigenvalue weighted by Crippen LogP contribution is -2.30. The van der Waals surface area contributed by atoms with Gasteiger partial charge in [0.15, 0.2) is 0 Å². The van der Waals surface area contributed by atoms with Crippen molar-refractivity contribution >= 4 is 5.97 Å². The van der Waals surface area contributed by atoms with E-state index >= 15 is 0 Å². The second kappa shape index (κ2) is 6.46. The molecule has 1 aromatic carbocycles. The Labute approximate surface area is 136 Å². The van der Waals surface area contributed by atoms with E-state index in [-0.39, 0.29) is 5.56 Å². The Kier molecular flexibility index (Phi) is 4.39. The van der Waals surface area contributed by atoms with Gasteiger partial charge in [-0.3, -0.25) is 9.88 Å². The summed E-state index contributed by atoms with van der Waals surface area (Å²) in [5.41, 5.74) is 2.74. The van der Waals surface area contributed by atoms with Crippen LogP contribution in [0.4, 0.5) is 0 Å². The molecule has 0 bridgehead atoms. The molecule has 0 saturated carbocycles. The smallest absolute Gasteiger partial charge is 0.335 e. The predicted molar refractivity (Wildman–Crippen MR) is 88.2 cm³/mol. The van der Waals surface area contributed by atoms with Gasteiger partial charge in [0.05, 0.1) is 35.4 Å². The van der Waals surface area contributed by atoms with Crippen molar-refractivity contribution in [1.82, 2.24) is 14.9 Å². The maximum atomic E-state index is 11.1. The molecule has 5 heteroatoms. The van der Waals surface area contributed by atoms with Gasteiger partial charge >= 0.3 is 5.97 Å². The summed E-state index contributed by atoms with van der Waals surface area (Å²) in [7, 11) is 0. The molecular weight excluding hydrogens is 290 g/mol. The minimum atomic E-state index is -0.933. The summed E-state index contributed by atoms with van der Waals surface area (Å²) in [6.07, 6.45) is 5.78. The summed E-state index contributed by atoms with van der Waals surface area (Å²) in [4.78, 5) is 22.7. The molecule has 1 N–H and O–H groups in total. The number of benzene rings is 1. The molecule has 0 spiro atoms. The molecule has 2 aromatic rings. The van der Waals surface area contributed by atoms with Gasteiger partial charge in [0.1, 0.15) is 0 Å². The van der Waals surface area contributed by atoms with Gasteiger partial charge in [-0.05, 0) is 45.4 Å². The van der Waals surface area contributed by atoms with Gasteiger partial charge in [-0.2, -0.15) is 0 Å². The van der Waals surface area contributed by atoms with Crippen molar-refractivity contribution in [2.45, 2.75) is 38.8 Å². The Morgan fingerprint density at radius 2 is 2.17 bits per heavy atom. The van der Waals surface area contributed by atoms with Crippen LogP contribution in [0.5, 0.6) is 0 Å². The van der Waals surface area contributed by atoms with E-state index in [0.29, 0.717) is 12.1 Å². The van der Waals surface area contributed by atoms with Gasteiger partial charge in [-0.25, -0.2) is 9.78 Å². The normalized spacial score (nSPS) is 18.5. The van der Waals surface area contributed by atoms with Crippen LogP contribution in [0, 0.1) is 0 Å². The average molecular weight is 311 g/mol. The Morgan fingerprint density at radius 3 is 2.91 bits per heavy atom. The molecule has 1 unspecified atom stereocenters. The lowest BCUT2D eigenvalue weighted by Gasteiger charge is -2.27. The van der Waals surface area contributed by atoms with Crippen molar-refractivity contribution in [1.29, 1.82) is 0 Å². The number of nitrogens with zero attached hydrogens (tertiary/aromatic N) is 3. The Hall–Kier alpha value is -2.27. The fourth-order valence-electron chi connectivity index (χ4n) is 3.22. The first-order valence-corrected chi connectivity index (χ1v) is 7.97. The lowest BCUT2D eigenvalue weighted by molar-refractivity contribution is 0.0697. The number of aromatic carboxylic acids is 1. The molecule has 1 atom stereocenters. The summed E-state index contributed by atoms with van der Waals surface area (Å²) in [6.45, 7) is 5.49. The highest BCUT2D eigenvalue weighted by Crippen LogP contribution is 2.33. The Balaban J connectivity index is 1.94. The van der Waals surface area contributed by atoms with E-state index < -0.39 is 5.97 Å². The summed E-state index contributed by atoms with van der Waals surface area (Å²) in [5, 5.41) is 9.14. The Morgan fingerprint density at radius 1 is 1.35 bits per heavy atom. The zero-order valence-corrected chi connectivity index (χ0v) is 13.4. The van der Waals surface area contributed by atoms with Gasteiger partial charge in [0.2, 0.25) is 0 Å². The number of hydrogen-bond acceptors (Lipinski definition) is 4. The summed E-state index contributed by atoms with van der Waals surface area (Å²) < 4.78 is 0. The van der Waals surface area contributed by atoms with Crippen LogP contribution in [0.3, 0.4) is 0 Å². The van der Waals surface area contributed by atoms with Gasteiger partial charge in [-0.15, -0.1) is 0 Å². The van der Waals surface area contributed by atoms with Gasteiger partial charge in [0.25, 0.3) is 0 Å². The maximum absolute atomic E-state index is 11.1. The lowest BCUT2D eigenvalue weighted by atomic mass is 10.1. The number of carbonyl (C=O) groups is 1. The predicted octanol–water partition coefficient (Wildman–Crippen LogP) is 3.39. The highest BCUT2D eigenvalue weighted by Gasteiger charge is 2.29. The molecule has 3 rings (SSSR count). The topological polar surface area (TPSA) is 66.3 Å². The van der Waals surface area contributed by atoms with Gasteiger partial charge in [-0.1, -0.05) is 12.1 Å². The number of hydrogen-bond donors (Lipinski definition) is 1. The van der Waals surface area contributed by atoms with Crippen molar-refractivity contribution in [3.8, 4) is 11.3 Å². The third-order valence-electron chi connectivity index (χ3n) is 4.36. The minimum Gasteiger partial charge on any atom is -0.478 e. The van der Waals surface area contributed by atoms with Crippen LogP contribution in [0.15, 0.2) is 36.7 Å². The van der Waals surface area contributed by atoms with E-state index in [4.69, 9.17) is 10.1 Å². The molecule has 23 heavy (non-hydrogen) atoms. The van der Waals surface area contributed by atoms with Crippen molar-refractivity contribution in [2.24, 2.45) is 0 Å². The molecule has 0 amide bonds. The molecule has 1 aliphatic rings. The highest BCUT2D eigenvalue weighted by atomic mass is 16.4. The SMILES string of the molecule is CC(C)N1CCCC1c1cncc(-c2cccc(C(=O)O)c2)n1. The quantitative estimate of drug-likeness (QED) is 0.937. The van der Waals surface area contributed by atoms with E-state index in [1.807, 2.05) is 12.3 Å². The molecule has 5 nitrogen and oxygen atoms in total. The molecule has 0 aliphatic carbocycles. The number of rotatable bonds is 4. The third-order valence-corrected chi connectivity index (χ3v) is 4.36. The highest BCUT2D eigenvalue weighted by molar-refractivity contribution is 5.89. The van der Waals surface area contributed by atoms with Gasteiger partial charge < -0.3 is 5.11 Å². The number of likely N-dealkylation sites (tertiary alicyclic amines) is 1. The number of carboxylic acid groups (broad SMARTS) is 1. The first-order valence-electron chi connectivity index (χ1n) is 7.97. The molecule has 1 aromatic heterocycles. The minimum absolute atomic E-state index is 0.263. The van der Waals surface area contributed by atoms with Crippen molar-refractivity contribution in [3.63, 3.8) is 0 Å². The molecule has 1 aliphatic heterocycles. The van der Waals surface area contributed by atoms with Crippen LogP contribution in [0.1, 0.15) is 48.8 Å². The van der Waals surface area contributed by atoms with E-state index in [9.17, 15) is 4.79 Å².